The van der Waals surface area contributed by atoms with Gasteiger partial charge < -0.3 is 21.1 Å². The van der Waals surface area contributed by atoms with E-state index in [4.69, 9.17) is 10.5 Å². The first-order valence-electron chi connectivity index (χ1n) is 12.0. The first kappa shape index (κ1) is 26.5. The minimum absolute atomic E-state index is 0.0800. The number of hydrogen-bond acceptors (Lipinski definition) is 4. The Bertz CT molecular complexity index is 1080. The average Bonchev–Trinajstić information content (AvgIpc) is 2.88. The summed E-state index contributed by atoms with van der Waals surface area (Å²) >= 11 is 0. The first-order valence-corrected chi connectivity index (χ1v) is 12.0. The number of amides is 3. The quantitative estimate of drug-likeness (QED) is 0.378. The average molecular weight is 488 g/mol. The Kier molecular flexibility index (Phi) is 9.63. The van der Waals surface area contributed by atoms with Gasteiger partial charge in [0.25, 0.3) is 0 Å². The molecule has 0 saturated carbocycles. The van der Waals surface area contributed by atoms with Gasteiger partial charge in [-0.15, -0.1) is 0 Å². The second-order valence-electron chi connectivity index (χ2n) is 9.08. The highest BCUT2D eigenvalue weighted by Gasteiger charge is 2.33. The van der Waals surface area contributed by atoms with Gasteiger partial charge in [-0.1, -0.05) is 105 Å². The van der Waals surface area contributed by atoms with Crippen LogP contribution in [0.2, 0.25) is 0 Å². The van der Waals surface area contributed by atoms with E-state index in [1.54, 1.807) is 0 Å². The molecule has 7 nitrogen and oxygen atoms in total. The van der Waals surface area contributed by atoms with E-state index in [9.17, 15) is 14.4 Å². The fourth-order valence-corrected chi connectivity index (χ4v) is 4.08. The lowest BCUT2D eigenvalue weighted by Gasteiger charge is -2.29. The molecule has 3 rings (SSSR count). The fraction of sp³-hybridized carbons (Fsp3) is 0.276. The zero-order valence-electron chi connectivity index (χ0n) is 20.6. The van der Waals surface area contributed by atoms with Crippen molar-refractivity contribution in [2.24, 2.45) is 11.7 Å². The molecule has 0 radical (unpaired) electrons. The zero-order chi connectivity index (χ0) is 25.9. The third-order valence-corrected chi connectivity index (χ3v) is 5.78. The molecule has 7 heteroatoms. The standard InChI is InChI=1S/C29H33N3O4/c1-20(2)18-24(31-29(35)36-19-21-12-6-3-7-13-21)28(34)32-26(27(30)33)25(22-14-8-4-9-15-22)23-16-10-5-11-17-23/h3-17,20,24-26H,18-19H2,1-2H3,(H2,30,33)(H,31,35)(H,32,34)/t24-,26+/m0/s1. The van der Waals surface area contributed by atoms with E-state index in [0.29, 0.717) is 6.42 Å². The molecule has 188 valence electrons. The fourth-order valence-electron chi connectivity index (χ4n) is 4.08. The molecule has 3 aromatic carbocycles. The van der Waals surface area contributed by atoms with Crippen LogP contribution < -0.4 is 16.4 Å². The number of hydrogen-bond donors (Lipinski definition) is 3. The highest BCUT2D eigenvalue weighted by atomic mass is 16.5. The van der Waals surface area contributed by atoms with E-state index < -0.39 is 35.9 Å². The molecule has 0 heterocycles. The molecule has 4 N–H and O–H groups in total. The lowest BCUT2D eigenvalue weighted by atomic mass is 9.84. The normalized spacial score (nSPS) is 12.6. The van der Waals surface area contributed by atoms with Crippen LogP contribution in [-0.2, 0) is 20.9 Å². The van der Waals surface area contributed by atoms with Gasteiger partial charge in [0, 0.05) is 5.92 Å². The van der Waals surface area contributed by atoms with Crippen LogP contribution in [0.4, 0.5) is 4.79 Å². The first-order chi connectivity index (χ1) is 17.3. The predicted molar refractivity (Wildman–Crippen MR) is 139 cm³/mol. The van der Waals surface area contributed by atoms with Crippen molar-refractivity contribution >= 4 is 17.9 Å². The summed E-state index contributed by atoms with van der Waals surface area (Å²) in [6.07, 6.45) is -0.350. The molecule has 3 amide bonds. The maximum Gasteiger partial charge on any atom is 0.408 e. The lowest BCUT2D eigenvalue weighted by molar-refractivity contribution is -0.129. The van der Waals surface area contributed by atoms with Crippen LogP contribution in [0.5, 0.6) is 0 Å². The summed E-state index contributed by atoms with van der Waals surface area (Å²) in [7, 11) is 0. The Labute approximate surface area is 212 Å². The largest absolute Gasteiger partial charge is 0.445 e. The Morgan fingerprint density at radius 2 is 1.28 bits per heavy atom. The van der Waals surface area contributed by atoms with Crippen LogP contribution in [0.1, 0.15) is 42.9 Å². The number of primary amides is 1. The molecule has 0 aliphatic heterocycles. The number of benzene rings is 3. The molecular formula is C29H33N3O4. The highest BCUT2D eigenvalue weighted by Crippen LogP contribution is 2.28. The van der Waals surface area contributed by atoms with Crippen LogP contribution >= 0.6 is 0 Å². The lowest BCUT2D eigenvalue weighted by Crippen LogP contribution is -2.55. The highest BCUT2D eigenvalue weighted by molar-refractivity contribution is 5.91. The number of nitrogens with one attached hydrogen (secondary N) is 2. The summed E-state index contributed by atoms with van der Waals surface area (Å²) in [5.41, 5.74) is 8.32. The van der Waals surface area contributed by atoms with Crippen LogP contribution in [0.25, 0.3) is 0 Å². The molecule has 0 fully saturated rings. The second-order valence-corrected chi connectivity index (χ2v) is 9.08. The van der Waals surface area contributed by atoms with Crippen LogP contribution in [0, 0.1) is 5.92 Å². The second kappa shape index (κ2) is 13.1. The number of carbonyl (C=O) groups is 3. The maximum atomic E-state index is 13.4. The van der Waals surface area contributed by atoms with Gasteiger partial charge in [-0.2, -0.15) is 0 Å². The Balaban J connectivity index is 1.79. The number of nitrogens with two attached hydrogens (primary N) is 1. The number of alkyl carbamates (subject to hydrolysis) is 1. The van der Waals surface area contributed by atoms with Crippen LogP contribution in [0.3, 0.4) is 0 Å². The zero-order valence-corrected chi connectivity index (χ0v) is 20.6. The van der Waals surface area contributed by atoms with Crippen LogP contribution in [0.15, 0.2) is 91.0 Å². The maximum absolute atomic E-state index is 13.4. The topological polar surface area (TPSA) is 111 Å². The SMILES string of the molecule is CC(C)C[C@H](NC(=O)OCc1ccccc1)C(=O)N[C@@H](C(N)=O)C(c1ccccc1)c1ccccc1. The van der Waals surface area contributed by atoms with E-state index in [0.717, 1.165) is 16.7 Å². The molecule has 0 aliphatic carbocycles. The summed E-state index contributed by atoms with van der Waals surface area (Å²) < 4.78 is 5.31. The molecule has 0 saturated heterocycles. The monoisotopic (exact) mass is 487 g/mol. The summed E-state index contributed by atoms with van der Waals surface area (Å²) in [4.78, 5) is 38.5. The minimum atomic E-state index is -1.03. The van der Waals surface area contributed by atoms with Crippen molar-refractivity contribution < 1.29 is 19.1 Å². The van der Waals surface area contributed by atoms with Crippen molar-refractivity contribution in [1.29, 1.82) is 0 Å². The predicted octanol–water partition coefficient (Wildman–Crippen LogP) is 4.13. The summed E-state index contributed by atoms with van der Waals surface area (Å²) in [6, 6.07) is 26.2. The van der Waals surface area contributed by atoms with E-state index >= 15 is 0 Å². The van der Waals surface area contributed by atoms with E-state index in [1.165, 1.54) is 0 Å². The summed E-state index contributed by atoms with van der Waals surface area (Å²) in [6.45, 7) is 3.97. The van der Waals surface area contributed by atoms with Gasteiger partial charge in [0.05, 0.1) is 0 Å². The van der Waals surface area contributed by atoms with Gasteiger partial charge in [-0.3, -0.25) is 9.59 Å². The Hall–Kier alpha value is -4.13. The van der Waals surface area contributed by atoms with E-state index in [1.807, 2.05) is 105 Å². The smallest absolute Gasteiger partial charge is 0.408 e. The Morgan fingerprint density at radius 1 is 0.778 bits per heavy atom. The molecule has 0 unspecified atom stereocenters. The summed E-state index contributed by atoms with van der Waals surface area (Å²) in [5, 5.41) is 5.47. The molecule has 0 spiro atoms. The van der Waals surface area contributed by atoms with Gasteiger partial charge in [0.2, 0.25) is 11.8 Å². The van der Waals surface area contributed by atoms with Crippen molar-refractivity contribution in [3.05, 3.63) is 108 Å². The number of ether oxygens (including phenoxy) is 1. The third kappa shape index (κ3) is 7.70. The van der Waals surface area contributed by atoms with Gasteiger partial charge in [0.15, 0.2) is 0 Å². The number of rotatable bonds is 11. The molecule has 0 bridgehead atoms. The molecule has 3 aromatic rings. The van der Waals surface area contributed by atoms with Gasteiger partial charge in [0.1, 0.15) is 18.7 Å². The molecule has 0 aliphatic rings. The van der Waals surface area contributed by atoms with E-state index in [-0.39, 0.29) is 12.5 Å². The molecular weight excluding hydrogens is 454 g/mol. The van der Waals surface area contributed by atoms with Gasteiger partial charge >= 0.3 is 6.09 Å². The van der Waals surface area contributed by atoms with E-state index in [2.05, 4.69) is 10.6 Å². The Morgan fingerprint density at radius 3 is 1.75 bits per heavy atom. The number of carbonyl (C=O) groups excluding carboxylic acids is 3. The van der Waals surface area contributed by atoms with Crippen molar-refractivity contribution in [3.8, 4) is 0 Å². The van der Waals surface area contributed by atoms with Crippen LogP contribution in [-0.4, -0.2) is 30.0 Å². The molecule has 36 heavy (non-hydrogen) atoms. The molecule has 2 atom stereocenters. The van der Waals surface area contributed by atoms with Crippen molar-refractivity contribution in [2.75, 3.05) is 0 Å². The summed E-state index contributed by atoms with van der Waals surface area (Å²) in [5.74, 6) is -1.57. The van der Waals surface area contributed by atoms with Crippen molar-refractivity contribution in [1.82, 2.24) is 10.6 Å². The van der Waals surface area contributed by atoms with Crippen molar-refractivity contribution in [2.45, 2.75) is 44.9 Å². The molecule has 0 aromatic heterocycles. The van der Waals surface area contributed by atoms with Gasteiger partial charge in [-0.05, 0) is 29.0 Å². The minimum Gasteiger partial charge on any atom is -0.445 e. The van der Waals surface area contributed by atoms with Gasteiger partial charge in [-0.25, -0.2) is 4.79 Å². The van der Waals surface area contributed by atoms with Crippen molar-refractivity contribution in [3.63, 3.8) is 0 Å². The third-order valence-electron chi connectivity index (χ3n) is 5.78.